The van der Waals surface area contributed by atoms with Crippen LogP contribution in [0.1, 0.15) is 125 Å². The number of piperazine rings is 2. The van der Waals surface area contributed by atoms with Gasteiger partial charge in [0.15, 0.2) is 5.78 Å². The number of nitrogens with one attached hydrogen (secondary N) is 4. The van der Waals surface area contributed by atoms with E-state index in [1.165, 1.54) is 34.5 Å². The fourth-order valence-electron chi connectivity index (χ4n) is 15.7. The number of sulfonamides is 1. The number of ketones is 1. The van der Waals surface area contributed by atoms with Crippen LogP contribution in [0.25, 0.3) is 16.0 Å². The number of benzene rings is 5. The van der Waals surface area contributed by atoms with Gasteiger partial charge in [0, 0.05) is 104 Å². The minimum Gasteiger partial charge on any atom is -0.393 e. The van der Waals surface area contributed by atoms with Gasteiger partial charge in [0.2, 0.25) is 17.7 Å². The van der Waals surface area contributed by atoms with Crippen LogP contribution >= 0.6 is 34.7 Å². The first-order valence-corrected chi connectivity index (χ1v) is 44.1. The van der Waals surface area contributed by atoms with Crippen molar-refractivity contribution in [2.24, 2.45) is 22.7 Å². The number of aliphatic hydroxyl groups is 1. The first-order chi connectivity index (χ1) is 54.2. The summed E-state index contributed by atoms with van der Waals surface area (Å²) in [5, 5.41) is 20.3. The summed E-state index contributed by atoms with van der Waals surface area (Å²) in [6.07, 6.45) is 4.17. The maximum atomic E-state index is 14.6. The van der Waals surface area contributed by atoms with Crippen molar-refractivity contribution in [2.45, 2.75) is 150 Å². The normalized spacial score (nSPS) is 19.8. The number of allylic oxidation sites excluding steroid dienone is 1. The van der Waals surface area contributed by atoms with Gasteiger partial charge in [-0.3, -0.25) is 33.8 Å². The number of anilines is 2. The van der Waals surface area contributed by atoms with Gasteiger partial charge < -0.3 is 49.8 Å². The second-order valence-corrected chi connectivity index (χ2v) is 37.9. The summed E-state index contributed by atoms with van der Waals surface area (Å²) in [6.45, 7) is 19.6. The second kappa shape index (κ2) is 38.8. The van der Waals surface area contributed by atoms with Crippen LogP contribution in [-0.4, -0.2) is 218 Å². The van der Waals surface area contributed by atoms with Crippen molar-refractivity contribution in [1.29, 1.82) is 0 Å². The molecule has 7 atom stereocenters. The van der Waals surface area contributed by atoms with E-state index in [2.05, 4.69) is 61.6 Å². The molecule has 2 saturated heterocycles. The molecular weight excluding hydrogens is 1570 g/mol. The minimum atomic E-state index is -6.19. The zero-order valence-electron chi connectivity index (χ0n) is 65.6. The number of fused-ring (bicyclic) bond motifs is 3. The number of carbonyl (C=O) groups is 5. The summed E-state index contributed by atoms with van der Waals surface area (Å²) in [5.41, 5.74) is 3.65. The van der Waals surface area contributed by atoms with E-state index in [9.17, 15) is 59.1 Å². The lowest BCUT2D eigenvalue weighted by molar-refractivity contribution is -0.138. The number of nitrogens with zero attached hydrogens (tertiary/aromatic N) is 5. The Morgan fingerprint density at radius 3 is 2.09 bits per heavy atom. The molecule has 1 saturated carbocycles. The topological polar surface area (TPSA) is 285 Å². The Morgan fingerprint density at radius 2 is 1.42 bits per heavy atom. The fourth-order valence-corrected chi connectivity index (χ4v) is 19.6. The summed E-state index contributed by atoms with van der Waals surface area (Å²) < 4.78 is 123. The zero-order chi connectivity index (χ0) is 81.7. The highest BCUT2D eigenvalue weighted by Crippen LogP contribution is 2.45. The number of aliphatic hydroxyl groups excluding tert-OH is 1. The molecule has 6 aromatic rings. The molecule has 618 valence electrons. The van der Waals surface area contributed by atoms with Gasteiger partial charge in [0.05, 0.1) is 90.4 Å². The lowest BCUT2D eigenvalue weighted by Crippen LogP contribution is -2.55. The van der Waals surface area contributed by atoms with E-state index in [1.807, 2.05) is 106 Å². The fraction of sp³-hybridized carbons (Fsp3) is 0.518. The van der Waals surface area contributed by atoms with E-state index in [4.69, 9.17) is 30.5 Å². The van der Waals surface area contributed by atoms with Crippen LogP contribution < -0.4 is 25.6 Å². The number of halogens is 4. The van der Waals surface area contributed by atoms with Crippen LogP contribution in [0.2, 0.25) is 5.02 Å². The van der Waals surface area contributed by atoms with Crippen LogP contribution in [0.15, 0.2) is 141 Å². The molecule has 0 bridgehead atoms. The van der Waals surface area contributed by atoms with Crippen molar-refractivity contribution < 1.29 is 78.0 Å². The van der Waals surface area contributed by atoms with E-state index in [0.29, 0.717) is 56.7 Å². The lowest BCUT2D eigenvalue weighted by Gasteiger charge is -2.47. The molecule has 11 rings (SSSR count). The summed E-state index contributed by atoms with van der Waals surface area (Å²) in [7, 11) is -11.1. The Bertz CT molecular complexity index is 4600. The second-order valence-electron chi connectivity index (χ2n) is 32.0. The number of aryl methyl sites for hydroxylation is 2. The van der Waals surface area contributed by atoms with Crippen molar-refractivity contribution >= 4 is 101 Å². The molecule has 0 spiro atoms. The Hall–Kier alpha value is -7.33. The number of amides is 4. The molecule has 3 aliphatic heterocycles. The van der Waals surface area contributed by atoms with Gasteiger partial charge in [-0.15, -0.1) is 23.1 Å². The number of thioether (sulfide) groups is 1. The predicted octanol–water partition coefficient (Wildman–Crippen LogP) is 11.8. The van der Waals surface area contributed by atoms with Crippen LogP contribution in [0.5, 0.6) is 0 Å². The third-order valence-electron chi connectivity index (χ3n) is 21.9. The molecule has 5 N–H and O–H groups in total. The lowest BCUT2D eigenvalue weighted by atomic mass is 9.72. The summed E-state index contributed by atoms with van der Waals surface area (Å²) in [5.74, 6) is -3.80. The van der Waals surface area contributed by atoms with Crippen molar-refractivity contribution in [3.63, 3.8) is 0 Å². The van der Waals surface area contributed by atoms with Gasteiger partial charge in [-0.05, 0) is 165 Å². The summed E-state index contributed by atoms with van der Waals surface area (Å²) in [6, 6.07) is 30.7. The molecule has 5 aliphatic rings. The first-order valence-electron chi connectivity index (χ1n) is 38.9. The number of hydrogen-bond donors (Lipinski definition) is 5. The SMILES string of the molecule is Cc1ncsc1-c1ccc([C@H](C)NC(=O)[C@@H]2C[C@@H](O)CC2C(=O)[C@@H](NC(=O)COCCOCCOCCOCC(=O)N2CCN(CC[C@H](CSc3ccccc3)Nc3ccc(S(=O)(=O)NC(=O)c4ccc5c(c4)CCC4CN(CC6=C(c7ccc(Cl)cc7)CCC(C)(C)C6)CCN54)cc3S(=O)(=O)C(F)(F)F)CC2)C(C)(C)C)cc1. The van der Waals surface area contributed by atoms with Crippen LogP contribution in [0, 0.1) is 29.6 Å². The Morgan fingerprint density at radius 1 is 0.763 bits per heavy atom. The van der Waals surface area contributed by atoms with E-state index in [0.717, 1.165) is 102 Å². The smallest absolute Gasteiger partial charge is 0.393 e. The van der Waals surface area contributed by atoms with E-state index in [-0.39, 0.29) is 112 Å². The summed E-state index contributed by atoms with van der Waals surface area (Å²) in [4.78, 5) is 80.9. The minimum absolute atomic E-state index is 0.0151. The molecule has 4 amide bonds. The van der Waals surface area contributed by atoms with Gasteiger partial charge in [-0.1, -0.05) is 106 Å². The van der Waals surface area contributed by atoms with Crippen LogP contribution in [-0.2, 0) is 64.4 Å². The number of ether oxygens (including phenoxy) is 4. The predicted molar refractivity (Wildman–Crippen MR) is 436 cm³/mol. The van der Waals surface area contributed by atoms with Gasteiger partial charge in [0.25, 0.3) is 25.8 Å². The highest BCUT2D eigenvalue weighted by Gasteiger charge is 2.50. The largest absolute Gasteiger partial charge is 0.501 e. The Balaban J connectivity index is 0.592. The number of Topliss-reactive ketones (excluding diaryl/α,β-unsaturated/α-hetero) is 1. The maximum Gasteiger partial charge on any atom is 0.501 e. The summed E-state index contributed by atoms with van der Waals surface area (Å²) >= 11 is 9.21. The highest BCUT2D eigenvalue weighted by molar-refractivity contribution is 7.99. The standard InChI is InChI=1S/C83H105ClF3N9O14S4/c1-54(56-13-15-58(16-14-56)77-55(2)88-53-112-77)89-80(102)70-45-65(97)44-69(70)76(100)78(81(3,4)5)91-74(98)50-109-41-39-107-37-38-108-40-42-110-51-75(99)95-34-31-93(32-35-95)30-28-63(52-111-66-11-9-8-10-12-66)90-71-25-24-67(46-73(71)113(103,104)83(85,86)87)114(105,106)92-79(101)60-20-26-72-59(43-60)19-23-64-49-94(33-36-96(64)72)48-61-47-82(6,7)29-27-68(61)57-17-21-62(84)22-18-57/h8-18,20-22,24-26,43,46,53-54,63-65,69-70,78,90,97H,19,23,27-42,44-45,47-52H2,1-7H3,(H,89,102)(H,91,98)(H,92,101)/t54-,63+,64?,65-,69?,70+,78+/m0/s1. The van der Waals surface area contributed by atoms with Gasteiger partial charge in [-0.2, -0.15) is 13.2 Å². The highest BCUT2D eigenvalue weighted by atomic mass is 35.5. The number of thiazole rings is 1. The number of alkyl halides is 3. The quantitative estimate of drug-likeness (QED) is 0.0183. The monoisotopic (exact) mass is 1670 g/mol. The molecule has 4 heterocycles. The molecule has 5 aromatic carbocycles. The number of aromatic nitrogens is 1. The number of sulfone groups is 1. The Labute approximate surface area is 680 Å². The van der Waals surface area contributed by atoms with E-state index >= 15 is 0 Å². The van der Waals surface area contributed by atoms with Crippen molar-refractivity contribution in [2.75, 3.05) is 128 Å². The molecule has 2 aliphatic carbocycles. The maximum absolute atomic E-state index is 14.6. The van der Waals surface area contributed by atoms with Crippen LogP contribution in [0.3, 0.4) is 0 Å². The number of hydrogen-bond acceptors (Lipinski definition) is 21. The van der Waals surface area contributed by atoms with Crippen molar-refractivity contribution in [3.05, 3.63) is 159 Å². The number of carbonyl (C=O) groups excluding carboxylic acids is 5. The molecule has 31 heteroatoms. The third-order valence-corrected chi connectivity index (χ3v) is 27.2. The van der Waals surface area contributed by atoms with Gasteiger partial charge in [0.1, 0.15) is 18.1 Å². The average molecular weight is 1670 g/mol. The molecule has 114 heavy (non-hydrogen) atoms. The Kier molecular flexibility index (Phi) is 29.8. The van der Waals surface area contributed by atoms with E-state index < -0.39 is 88.1 Å². The molecule has 3 fully saturated rings. The first kappa shape index (κ1) is 87.5. The molecule has 0 radical (unpaired) electrons. The third kappa shape index (κ3) is 23.1. The van der Waals surface area contributed by atoms with Crippen molar-refractivity contribution in [3.8, 4) is 10.4 Å². The number of rotatable bonds is 35. The zero-order valence-corrected chi connectivity index (χ0v) is 69.6. The average Bonchev–Trinajstić information content (AvgIpc) is 1.11. The van der Waals surface area contributed by atoms with Crippen LogP contribution in [0.4, 0.5) is 24.5 Å². The van der Waals surface area contributed by atoms with Crippen molar-refractivity contribution in [1.82, 2.24) is 35.0 Å². The van der Waals surface area contributed by atoms with E-state index in [1.54, 1.807) is 33.9 Å². The van der Waals surface area contributed by atoms with Gasteiger partial charge in [-0.25, -0.2) is 26.5 Å². The molecule has 23 nitrogen and oxygen atoms in total. The molecule has 2 unspecified atom stereocenters. The molecular formula is C83H105ClF3N9O14S4. The van der Waals surface area contributed by atoms with Gasteiger partial charge >= 0.3 is 5.51 Å². The molecule has 1 aromatic heterocycles.